The lowest BCUT2D eigenvalue weighted by atomic mass is 10.0. The Hall–Kier alpha value is -1.67. The van der Waals surface area contributed by atoms with E-state index in [0.717, 1.165) is 29.9 Å². The third-order valence-corrected chi connectivity index (χ3v) is 3.73. The van der Waals surface area contributed by atoms with Crippen LogP contribution in [-0.2, 0) is 6.42 Å². The van der Waals surface area contributed by atoms with Gasteiger partial charge >= 0.3 is 0 Å². The molecule has 0 aliphatic carbocycles. The summed E-state index contributed by atoms with van der Waals surface area (Å²) in [7, 11) is 3.32. The molecule has 3 heteroatoms. The highest BCUT2D eigenvalue weighted by Crippen LogP contribution is 2.28. The molecule has 0 saturated heterocycles. The summed E-state index contributed by atoms with van der Waals surface area (Å²) in [4.78, 5) is 0. The van der Waals surface area contributed by atoms with Crippen LogP contribution in [0.5, 0.6) is 11.5 Å². The Bertz CT molecular complexity index is 518. The van der Waals surface area contributed by atoms with Crippen molar-refractivity contribution in [3.8, 4) is 11.5 Å². The highest BCUT2D eigenvalue weighted by atomic mass is 35.5. The Morgan fingerprint density at radius 1 is 0.950 bits per heavy atom. The van der Waals surface area contributed by atoms with Gasteiger partial charge in [-0.15, -0.1) is 11.6 Å². The standard InChI is InChI=1S/C17H19ClO2/c1-19-15-10-13(11-16(12-15)20-2)8-9-17(18)14-6-4-3-5-7-14/h3-7,10-12,17H,8-9H2,1-2H3. The molecule has 0 N–H and O–H groups in total. The normalized spacial score (nSPS) is 11.9. The zero-order valence-electron chi connectivity index (χ0n) is 11.8. The summed E-state index contributed by atoms with van der Waals surface area (Å²) in [6.07, 6.45) is 1.76. The van der Waals surface area contributed by atoms with Crippen molar-refractivity contribution in [3.05, 3.63) is 59.7 Å². The minimum atomic E-state index is 0.0217. The maximum absolute atomic E-state index is 6.44. The molecule has 0 amide bonds. The fourth-order valence-corrected chi connectivity index (χ4v) is 2.39. The van der Waals surface area contributed by atoms with E-state index in [4.69, 9.17) is 21.1 Å². The third kappa shape index (κ3) is 3.91. The molecule has 0 bridgehead atoms. The molecule has 1 unspecified atom stereocenters. The van der Waals surface area contributed by atoms with E-state index >= 15 is 0 Å². The maximum atomic E-state index is 6.44. The quantitative estimate of drug-likeness (QED) is 0.723. The van der Waals surface area contributed by atoms with Gasteiger partial charge in [0.05, 0.1) is 19.6 Å². The first-order chi connectivity index (χ1) is 9.72. The molecule has 0 heterocycles. The lowest BCUT2D eigenvalue weighted by Gasteiger charge is -2.11. The summed E-state index contributed by atoms with van der Waals surface area (Å²) in [6.45, 7) is 0. The Labute approximate surface area is 125 Å². The van der Waals surface area contributed by atoms with Crippen molar-refractivity contribution in [2.45, 2.75) is 18.2 Å². The first-order valence-corrected chi connectivity index (χ1v) is 7.07. The van der Waals surface area contributed by atoms with Crippen LogP contribution in [0.4, 0.5) is 0 Å². The zero-order chi connectivity index (χ0) is 14.4. The van der Waals surface area contributed by atoms with Gasteiger partial charge in [-0.05, 0) is 36.1 Å². The summed E-state index contributed by atoms with van der Waals surface area (Å²) < 4.78 is 10.6. The minimum Gasteiger partial charge on any atom is -0.497 e. The number of aryl methyl sites for hydroxylation is 1. The number of ether oxygens (including phenoxy) is 2. The molecule has 0 saturated carbocycles. The van der Waals surface area contributed by atoms with Gasteiger partial charge in [0.2, 0.25) is 0 Å². The third-order valence-electron chi connectivity index (χ3n) is 3.26. The van der Waals surface area contributed by atoms with E-state index in [0.29, 0.717) is 0 Å². The number of methoxy groups -OCH3 is 2. The van der Waals surface area contributed by atoms with Gasteiger partial charge in [0.25, 0.3) is 0 Å². The molecule has 2 aromatic rings. The largest absolute Gasteiger partial charge is 0.497 e. The SMILES string of the molecule is COc1cc(CCC(Cl)c2ccccc2)cc(OC)c1. The average molecular weight is 291 g/mol. The van der Waals surface area contributed by atoms with Gasteiger partial charge in [-0.1, -0.05) is 30.3 Å². The molecule has 20 heavy (non-hydrogen) atoms. The molecule has 106 valence electrons. The van der Waals surface area contributed by atoms with E-state index in [-0.39, 0.29) is 5.38 Å². The molecule has 1 atom stereocenters. The molecule has 0 aromatic heterocycles. The van der Waals surface area contributed by atoms with E-state index in [1.54, 1.807) is 14.2 Å². The van der Waals surface area contributed by atoms with E-state index in [1.165, 1.54) is 5.56 Å². The lowest BCUT2D eigenvalue weighted by Crippen LogP contribution is -1.96. The average Bonchev–Trinajstić information content (AvgIpc) is 2.53. The van der Waals surface area contributed by atoms with Gasteiger partial charge in [0.15, 0.2) is 0 Å². The lowest BCUT2D eigenvalue weighted by molar-refractivity contribution is 0.393. The van der Waals surface area contributed by atoms with Crippen LogP contribution < -0.4 is 9.47 Å². The Morgan fingerprint density at radius 3 is 2.10 bits per heavy atom. The molecule has 2 nitrogen and oxygen atoms in total. The minimum absolute atomic E-state index is 0.0217. The maximum Gasteiger partial charge on any atom is 0.122 e. The monoisotopic (exact) mass is 290 g/mol. The molecule has 2 aromatic carbocycles. The van der Waals surface area contributed by atoms with E-state index < -0.39 is 0 Å². The molecule has 0 aliphatic rings. The van der Waals surface area contributed by atoms with Gasteiger partial charge in [-0.25, -0.2) is 0 Å². The van der Waals surface area contributed by atoms with E-state index in [9.17, 15) is 0 Å². The first kappa shape index (κ1) is 14.7. The predicted octanol–water partition coefficient (Wildman–Crippen LogP) is 4.62. The Kier molecular flexibility index (Phi) is 5.31. The van der Waals surface area contributed by atoms with Gasteiger partial charge in [-0.2, -0.15) is 0 Å². The van der Waals surface area contributed by atoms with Crippen LogP contribution in [0.1, 0.15) is 22.9 Å². The van der Waals surface area contributed by atoms with Crippen LogP contribution in [0.2, 0.25) is 0 Å². The number of hydrogen-bond acceptors (Lipinski definition) is 2. The van der Waals surface area contributed by atoms with Crippen LogP contribution in [0, 0.1) is 0 Å². The smallest absolute Gasteiger partial charge is 0.122 e. The van der Waals surface area contributed by atoms with Crippen molar-refractivity contribution in [1.82, 2.24) is 0 Å². The molecular formula is C17H19ClO2. The number of hydrogen-bond donors (Lipinski definition) is 0. The molecule has 2 rings (SSSR count). The van der Waals surface area contributed by atoms with Crippen molar-refractivity contribution < 1.29 is 9.47 Å². The number of benzene rings is 2. The first-order valence-electron chi connectivity index (χ1n) is 6.64. The summed E-state index contributed by atoms with van der Waals surface area (Å²) in [6, 6.07) is 16.1. The van der Waals surface area contributed by atoms with Gasteiger partial charge in [0, 0.05) is 6.07 Å². The van der Waals surface area contributed by atoms with Crippen molar-refractivity contribution in [3.63, 3.8) is 0 Å². The molecule has 0 spiro atoms. The van der Waals surface area contributed by atoms with Crippen molar-refractivity contribution in [1.29, 1.82) is 0 Å². The van der Waals surface area contributed by atoms with Crippen LogP contribution in [0.25, 0.3) is 0 Å². The van der Waals surface area contributed by atoms with Gasteiger partial charge in [-0.3, -0.25) is 0 Å². The number of halogens is 1. The highest BCUT2D eigenvalue weighted by molar-refractivity contribution is 6.20. The second-order valence-electron chi connectivity index (χ2n) is 4.64. The van der Waals surface area contributed by atoms with Crippen molar-refractivity contribution in [2.24, 2.45) is 0 Å². The van der Waals surface area contributed by atoms with Crippen LogP contribution >= 0.6 is 11.6 Å². The van der Waals surface area contributed by atoms with Crippen LogP contribution in [0.3, 0.4) is 0 Å². The van der Waals surface area contributed by atoms with Crippen molar-refractivity contribution in [2.75, 3.05) is 14.2 Å². The summed E-state index contributed by atoms with van der Waals surface area (Å²) in [5.74, 6) is 1.62. The van der Waals surface area contributed by atoms with Crippen LogP contribution in [-0.4, -0.2) is 14.2 Å². The predicted molar refractivity (Wildman–Crippen MR) is 82.9 cm³/mol. The van der Waals surface area contributed by atoms with E-state index in [2.05, 4.69) is 12.1 Å². The Morgan fingerprint density at radius 2 is 1.55 bits per heavy atom. The summed E-state index contributed by atoms with van der Waals surface area (Å²) in [5.41, 5.74) is 2.33. The number of alkyl halides is 1. The fraction of sp³-hybridized carbons (Fsp3) is 0.294. The molecular weight excluding hydrogens is 272 g/mol. The van der Waals surface area contributed by atoms with Crippen molar-refractivity contribution >= 4 is 11.6 Å². The summed E-state index contributed by atoms with van der Waals surface area (Å²) >= 11 is 6.44. The highest BCUT2D eigenvalue weighted by Gasteiger charge is 2.09. The summed E-state index contributed by atoms with van der Waals surface area (Å²) in [5, 5.41) is 0.0217. The fourth-order valence-electron chi connectivity index (χ4n) is 2.13. The zero-order valence-corrected chi connectivity index (χ0v) is 12.6. The van der Waals surface area contributed by atoms with Crippen LogP contribution in [0.15, 0.2) is 48.5 Å². The topological polar surface area (TPSA) is 18.5 Å². The molecule has 0 radical (unpaired) electrons. The van der Waals surface area contributed by atoms with E-state index in [1.807, 2.05) is 36.4 Å². The molecule has 0 aliphatic heterocycles. The second-order valence-corrected chi connectivity index (χ2v) is 5.16. The Balaban J connectivity index is 2.03. The molecule has 0 fully saturated rings. The van der Waals surface area contributed by atoms with Gasteiger partial charge in [0.1, 0.15) is 11.5 Å². The second kappa shape index (κ2) is 7.20. The number of rotatable bonds is 6. The van der Waals surface area contributed by atoms with Gasteiger partial charge < -0.3 is 9.47 Å².